The highest BCUT2D eigenvalue weighted by Gasteiger charge is 2.80. The van der Waals surface area contributed by atoms with Crippen LogP contribution in [0.5, 0.6) is 0 Å². The largest absolute Gasteiger partial charge is 0.256 e. The second kappa shape index (κ2) is 6.03. The first-order valence-corrected chi connectivity index (χ1v) is 12.5. The van der Waals surface area contributed by atoms with Crippen LogP contribution in [-0.2, 0) is 16.2 Å². The lowest BCUT2D eigenvalue weighted by Crippen LogP contribution is -2.70. The summed E-state index contributed by atoms with van der Waals surface area (Å²) in [6, 6.07) is 9.64. The van der Waals surface area contributed by atoms with Crippen molar-refractivity contribution in [3.63, 3.8) is 0 Å². The maximum absolute atomic E-state index is 5.05. The number of rotatable bonds is 5. The maximum atomic E-state index is 5.05. The molecule has 4 unspecified atom stereocenters. The first-order valence-electron chi connectivity index (χ1n) is 12.5. The fourth-order valence-electron chi connectivity index (χ4n) is 7.73. The molecule has 5 rings (SSSR count). The third-order valence-electron chi connectivity index (χ3n) is 10.9. The highest BCUT2D eigenvalue weighted by atomic mass is 14.9. The molecule has 0 amide bonds. The molecule has 1 nitrogen and oxygen atoms in total. The Hall–Kier alpha value is -1.63. The average molecular weight is 416 g/mol. The zero-order valence-electron chi connectivity index (χ0n) is 21.2. The molecule has 0 radical (unpaired) electrons. The molecule has 1 aromatic carbocycles. The lowest BCUT2D eigenvalue weighted by Gasteiger charge is -2.75. The normalized spacial score (nSPS) is 33.4. The summed E-state index contributed by atoms with van der Waals surface area (Å²) >= 11 is 0. The fourth-order valence-corrected chi connectivity index (χ4v) is 7.73. The molecule has 3 aliphatic rings. The van der Waals surface area contributed by atoms with Crippen LogP contribution >= 0.6 is 0 Å². The van der Waals surface area contributed by atoms with Gasteiger partial charge >= 0.3 is 0 Å². The lowest BCUT2D eigenvalue weighted by atomic mass is 9.28. The van der Waals surface area contributed by atoms with Crippen molar-refractivity contribution in [2.75, 3.05) is 0 Å². The molecule has 0 saturated heterocycles. The van der Waals surface area contributed by atoms with Crippen LogP contribution in [0.2, 0.25) is 0 Å². The van der Waals surface area contributed by atoms with Gasteiger partial charge in [-0.3, -0.25) is 4.98 Å². The summed E-state index contributed by atoms with van der Waals surface area (Å²) in [6.07, 6.45) is 7.21. The Morgan fingerprint density at radius 1 is 0.935 bits per heavy atom. The average Bonchev–Trinajstić information content (AvgIpc) is 2.82. The highest BCUT2D eigenvalue weighted by Crippen LogP contribution is 2.87. The van der Waals surface area contributed by atoms with E-state index in [9.17, 15) is 0 Å². The van der Waals surface area contributed by atoms with E-state index in [1.165, 1.54) is 35.1 Å². The van der Waals surface area contributed by atoms with Crippen molar-refractivity contribution < 1.29 is 0 Å². The lowest BCUT2D eigenvalue weighted by molar-refractivity contribution is -0.227. The van der Waals surface area contributed by atoms with E-state index in [0.717, 1.165) is 24.5 Å². The molecule has 0 aliphatic heterocycles. The summed E-state index contributed by atoms with van der Waals surface area (Å²) in [5.41, 5.74) is 10.2. The first-order chi connectivity index (χ1) is 14.3. The highest BCUT2D eigenvalue weighted by molar-refractivity contribution is 5.67. The predicted octanol–water partition coefficient (Wildman–Crippen LogP) is 8.30. The Kier molecular flexibility index (Phi) is 4.13. The van der Waals surface area contributed by atoms with Crippen molar-refractivity contribution in [1.29, 1.82) is 0 Å². The van der Waals surface area contributed by atoms with Gasteiger partial charge in [0.25, 0.3) is 0 Å². The second-order valence-corrected chi connectivity index (χ2v) is 12.9. The molecule has 2 fully saturated rings. The molecule has 166 valence electrons. The Bertz CT molecular complexity index is 1080. The van der Waals surface area contributed by atoms with Gasteiger partial charge in [-0.15, -0.1) is 0 Å². The van der Waals surface area contributed by atoms with Crippen molar-refractivity contribution in [2.24, 2.45) is 10.8 Å². The molecule has 0 bridgehead atoms. The molecule has 0 N–H and O–H groups in total. The van der Waals surface area contributed by atoms with Gasteiger partial charge in [0, 0.05) is 17.2 Å². The van der Waals surface area contributed by atoms with Crippen LogP contribution in [0.15, 0.2) is 30.5 Å². The molecule has 1 aromatic heterocycles. The number of aromatic nitrogens is 1. The van der Waals surface area contributed by atoms with Gasteiger partial charge < -0.3 is 0 Å². The molecular formula is C30H41N. The number of nitrogens with zero attached hydrogens (tertiary/aromatic N) is 1. The Morgan fingerprint density at radius 2 is 1.58 bits per heavy atom. The van der Waals surface area contributed by atoms with E-state index in [4.69, 9.17) is 4.98 Å². The topological polar surface area (TPSA) is 12.9 Å². The molecule has 31 heavy (non-hydrogen) atoms. The van der Waals surface area contributed by atoms with Crippen LogP contribution < -0.4 is 0 Å². The second-order valence-electron chi connectivity index (χ2n) is 12.9. The van der Waals surface area contributed by atoms with Gasteiger partial charge in [0.1, 0.15) is 0 Å². The van der Waals surface area contributed by atoms with Crippen LogP contribution in [0, 0.1) is 10.8 Å². The molecular weight excluding hydrogens is 374 g/mol. The Labute approximate surface area is 190 Å². The van der Waals surface area contributed by atoms with Gasteiger partial charge in [-0.05, 0) is 87.6 Å². The molecule has 2 aromatic rings. The first kappa shape index (κ1) is 21.2. The number of hydrogen-bond acceptors (Lipinski definition) is 1. The minimum Gasteiger partial charge on any atom is -0.256 e. The van der Waals surface area contributed by atoms with E-state index in [2.05, 4.69) is 92.8 Å². The monoisotopic (exact) mass is 415 g/mol. The standard InChI is InChI=1S/C30H41N/c1-10-26(3,4)21-13-12-19(14-22(21)27(5,6)11-2)25-15-20-23-16-28(7)18-29(8,30(23,28)9)24(20)17-31-25/h12-15,17,23H,10-11,16,18H2,1-9H3. The van der Waals surface area contributed by atoms with Crippen LogP contribution in [-0.4, -0.2) is 4.98 Å². The molecule has 0 spiro atoms. The molecule has 2 saturated carbocycles. The van der Waals surface area contributed by atoms with Crippen LogP contribution in [0.3, 0.4) is 0 Å². The van der Waals surface area contributed by atoms with Gasteiger partial charge in [0.05, 0.1) is 5.69 Å². The number of benzene rings is 1. The van der Waals surface area contributed by atoms with Gasteiger partial charge in [-0.25, -0.2) is 0 Å². The van der Waals surface area contributed by atoms with Crippen LogP contribution in [0.1, 0.15) is 116 Å². The Balaban J connectivity index is 1.61. The number of pyridine rings is 1. The third kappa shape index (κ3) is 2.36. The minimum atomic E-state index is 0.157. The van der Waals surface area contributed by atoms with Crippen molar-refractivity contribution in [2.45, 2.75) is 110 Å². The van der Waals surface area contributed by atoms with Gasteiger partial charge in [0.2, 0.25) is 0 Å². The van der Waals surface area contributed by atoms with E-state index in [0.29, 0.717) is 16.2 Å². The van der Waals surface area contributed by atoms with E-state index in [1.807, 2.05) is 0 Å². The summed E-state index contributed by atoms with van der Waals surface area (Å²) in [5, 5.41) is 0. The zero-order chi connectivity index (χ0) is 22.6. The van der Waals surface area contributed by atoms with Crippen molar-refractivity contribution in [1.82, 2.24) is 4.98 Å². The fraction of sp³-hybridized carbons (Fsp3) is 0.633. The van der Waals surface area contributed by atoms with Gasteiger partial charge in [0.15, 0.2) is 0 Å². The summed E-state index contributed by atoms with van der Waals surface area (Å²) in [6.45, 7) is 21.7. The van der Waals surface area contributed by atoms with Crippen molar-refractivity contribution in [3.8, 4) is 11.3 Å². The SMILES string of the molecule is CCC(C)(C)c1ccc(-c2cc3c(cn2)C2(C)CC4(C)CC3C42C)cc1C(C)(C)CC. The van der Waals surface area contributed by atoms with E-state index in [-0.39, 0.29) is 10.8 Å². The maximum Gasteiger partial charge on any atom is 0.0705 e. The summed E-state index contributed by atoms with van der Waals surface area (Å²) in [7, 11) is 0. The predicted molar refractivity (Wildman–Crippen MR) is 132 cm³/mol. The van der Waals surface area contributed by atoms with Crippen LogP contribution in [0.25, 0.3) is 11.3 Å². The van der Waals surface area contributed by atoms with E-state index >= 15 is 0 Å². The molecule has 1 heteroatoms. The smallest absolute Gasteiger partial charge is 0.0705 e. The summed E-state index contributed by atoms with van der Waals surface area (Å²) < 4.78 is 0. The van der Waals surface area contributed by atoms with E-state index in [1.54, 1.807) is 5.56 Å². The van der Waals surface area contributed by atoms with Crippen molar-refractivity contribution in [3.05, 3.63) is 52.7 Å². The number of fused-ring (bicyclic) bond motifs is 3. The third-order valence-corrected chi connectivity index (χ3v) is 10.9. The molecule has 4 atom stereocenters. The van der Waals surface area contributed by atoms with Gasteiger partial charge in [-0.2, -0.15) is 0 Å². The van der Waals surface area contributed by atoms with Crippen LogP contribution in [0.4, 0.5) is 0 Å². The quantitative estimate of drug-likeness (QED) is 0.478. The summed E-state index contributed by atoms with van der Waals surface area (Å²) in [4.78, 5) is 5.05. The Morgan fingerprint density at radius 3 is 2.19 bits per heavy atom. The van der Waals surface area contributed by atoms with Crippen molar-refractivity contribution >= 4 is 0 Å². The number of hydrogen-bond donors (Lipinski definition) is 0. The summed E-state index contributed by atoms with van der Waals surface area (Å²) in [5.74, 6) is 0.720. The molecule has 1 heterocycles. The molecule has 3 aliphatic carbocycles. The van der Waals surface area contributed by atoms with Gasteiger partial charge in [-0.1, -0.05) is 74.4 Å². The van der Waals surface area contributed by atoms with E-state index < -0.39 is 0 Å². The zero-order valence-corrected chi connectivity index (χ0v) is 21.2. The minimum absolute atomic E-state index is 0.157.